The van der Waals surface area contributed by atoms with E-state index in [4.69, 9.17) is 11.6 Å². The van der Waals surface area contributed by atoms with Crippen LogP contribution in [0.25, 0.3) is 0 Å². The molecule has 0 aliphatic rings. The van der Waals surface area contributed by atoms with Crippen molar-refractivity contribution in [1.29, 1.82) is 0 Å². The number of carbonyl (C=O) groups excluding carboxylic acids is 1. The van der Waals surface area contributed by atoms with E-state index < -0.39 is 10.8 Å². The van der Waals surface area contributed by atoms with Crippen molar-refractivity contribution in [2.45, 2.75) is 19.9 Å². The standard InChI is InChI=1S/C13H12ClN3O3S/c1-7-6-21-13(15-7)8(2)16-12(18)10-4-3-9(17(19)20)5-11(10)14/h3-6,8H,1-2H3,(H,16,18). The molecule has 0 spiro atoms. The van der Waals surface area contributed by atoms with E-state index in [1.165, 1.54) is 23.5 Å². The number of aryl methyl sites for hydroxylation is 1. The highest BCUT2D eigenvalue weighted by molar-refractivity contribution is 7.09. The lowest BCUT2D eigenvalue weighted by molar-refractivity contribution is -0.384. The SMILES string of the molecule is Cc1csc(C(C)NC(=O)c2ccc([N+](=O)[O-])cc2Cl)n1. The highest BCUT2D eigenvalue weighted by Crippen LogP contribution is 2.24. The van der Waals surface area contributed by atoms with E-state index >= 15 is 0 Å². The molecular weight excluding hydrogens is 314 g/mol. The summed E-state index contributed by atoms with van der Waals surface area (Å²) in [4.78, 5) is 26.5. The summed E-state index contributed by atoms with van der Waals surface area (Å²) < 4.78 is 0. The Kier molecular flexibility index (Phi) is 4.54. The quantitative estimate of drug-likeness (QED) is 0.688. The number of carbonyl (C=O) groups is 1. The van der Waals surface area contributed by atoms with Crippen molar-refractivity contribution in [1.82, 2.24) is 10.3 Å². The summed E-state index contributed by atoms with van der Waals surface area (Å²) in [6.45, 7) is 3.69. The highest BCUT2D eigenvalue weighted by Gasteiger charge is 2.18. The van der Waals surface area contributed by atoms with Crippen LogP contribution in [0.15, 0.2) is 23.6 Å². The van der Waals surface area contributed by atoms with E-state index in [0.717, 1.165) is 16.8 Å². The van der Waals surface area contributed by atoms with Gasteiger partial charge in [-0.25, -0.2) is 4.98 Å². The Morgan fingerprint density at radius 3 is 2.76 bits per heavy atom. The fourth-order valence-electron chi connectivity index (χ4n) is 1.71. The van der Waals surface area contributed by atoms with Crippen molar-refractivity contribution in [2.24, 2.45) is 0 Å². The highest BCUT2D eigenvalue weighted by atomic mass is 35.5. The molecule has 0 fully saturated rings. The third-order valence-electron chi connectivity index (χ3n) is 2.76. The van der Waals surface area contributed by atoms with Gasteiger partial charge in [-0.05, 0) is 19.9 Å². The van der Waals surface area contributed by atoms with Crippen LogP contribution >= 0.6 is 22.9 Å². The van der Waals surface area contributed by atoms with Gasteiger partial charge in [-0.15, -0.1) is 11.3 Å². The Hall–Kier alpha value is -1.99. The number of nitrogens with zero attached hydrogens (tertiary/aromatic N) is 2. The maximum absolute atomic E-state index is 12.1. The zero-order chi connectivity index (χ0) is 15.6. The smallest absolute Gasteiger partial charge is 0.270 e. The normalized spacial score (nSPS) is 12.0. The lowest BCUT2D eigenvalue weighted by Gasteiger charge is -2.12. The van der Waals surface area contributed by atoms with Gasteiger partial charge in [0.2, 0.25) is 0 Å². The minimum absolute atomic E-state index is 0.0456. The Balaban J connectivity index is 2.15. The van der Waals surface area contributed by atoms with Gasteiger partial charge < -0.3 is 5.32 Å². The Morgan fingerprint density at radius 1 is 1.52 bits per heavy atom. The van der Waals surface area contributed by atoms with Crippen molar-refractivity contribution in [2.75, 3.05) is 0 Å². The van der Waals surface area contributed by atoms with E-state index in [2.05, 4.69) is 10.3 Å². The number of hydrogen-bond acceptors (Lipinski definition) is 5. The van der Waals surface area contributed by atoms with Gasteiger partial charge in [-0.1, -0.05) is 11.6 Å². The van der Waals surface area contributed by atoms with Gasteiger partial charge in [0.05, 0.1) is 21.6 Å². The topological polar surface area (TPSA) is 85.1 Å². The van der Waals surface area contributed by atoms with Crippen LogP contribution in [0.4, 0.5) is 5.69 Å². The van der Waals surface area contributed by atoms with Gasteiger partial charge in [0.1, 0.15) is 5.01 Å². The summed E-state index contributed by atoms with van der Waals surface area (Å²) in [5, 5.41) is 16.1. The molecule has 1 atom stereocenters. The number of halogens is 1. The first kappa shape index (κ1) is 15.4. The van der Waals surface area contributed by atoms with Crippen LogP contribution in [-0.2, 0) is 0 Å². The average molecular weight is 326 g/mol. The fraction of sp³-hybridized carbons (Fsp3) is 0.231. The molecule has 1 N–H and O–H groups in total. The summed E-state index contributed by atoms with van der Waals surface area (Å²) >= 11 is 7.38. The van der Waals surface area contributed by atoms with Crippen molar-refractivity contribution in [3.05, 3.63) is 55.0 Å². The molecule has 21 heavy (non-hydrogen) atoms. The second-order valence-corrected chi connectivity index (χ2v) is 5.74. The molecule has 0 aliphatic carbocycles. The molecular formula is C13H12ClN3O3S. The molecule has 1 unspecified atom stereocenters. The number of amides is 1. The van der Waals surface area contributed by atoms with E-state index in [9.17, 15) is 14.9 Å². The number of benzene rings is 1. The van der Waals surface area contributed by atoms with Crippen LogP contribution in [-0.4, -0.2) is 15.8 Å². The first-order chi connectivity index (χ1) is 9.88. The second-order valence-electron chi connectivity index (χ2n) is 4.44. The molecule has 0 aliphatic heterocycles. The maximum atomic E-state index is 12.1. The molecule has 0 saturated heterocycles. The molecule has 1 heterocycles. The second kappa shape index (κ2) is 6.19. The number of nitrogens with one attached hydrogen (secondary N) is 1. The molecule has 8 heteroatoms. The molecule has 110 valence electrons. The number of nitro groups is 1. The number of hydrogen-bond donors (Lipinski definition) is 1. The summed E-state index contributed by atoms with van der Waals surface area (Å²) in [7, 11) is 0. The zero-order valence-electron chi connectivity index (χ0n) is 11.3. The fourth-order valence-corrected chi connectivity index (χ4v) is 2.77. The van der Waals surface area contributed by atoms with Crippen LogP contribution in [0.2, 0.25) is 5.02 Å². The lowest BCUT2D eigenvalue weighted by Crippen LogP contribution is -2.26. The molecule has 6 nitrogen and oxygen atoms in total. The van der Waals surface area contributed by atoms with E-state index in [0.29, 0.717) is 0 Å². The predicted molar refractivity (Wildman–Crippen MR) is 80.8 cm³/mol. The molecule has 1 aromatic carbocycles. The van der Waals surface area contributed by atoms with Crippen molar-refractivity contribution < 1.29 is 9.72 Å². The maximum Gasteiger partial charge on any atom is 0.270 e. The Labute approximate surface area is 129 Å². The largest absolute Gasteiger partial charge is 0.343 e. The molecule has 0 bridgehead atoms. The van der Waals surface area contributed by atoms with Crippen LogP contribution in [0.3, 0.4) is 0 Å². The minimum Gasteiger partial charge on any atom is -0.343 e. The third-order valence-corrected chi connectivity index (χ3v) is 4.22. The average Bonchev–Trinajstić information content (AvgIpc) is 2.85. The number of thiazole rings is 1. The number of nitro benzene ring substituents is 1. The number of aromatic nitrogens is 1. The van der Waals surface area contributed by atoms with Gasteiger partial charge in [-0.3, -0.25) is 14.9 Å². The summed E-state index contributed by atoms with van der Waals surface area (Å²) in [6, 6.07) is 3.49. The van der Waals surface area contributed by atoms with Crippen molar-refractivity contribution in [3.8, 4) is 0 Å². The lowest BCUT2D eigenvalue weighted by atomic mass is 10.2. The predicted octanol–water partition coefficient (Wildman–Crippen LogP) is 3.50. The van der Waals surface area contributed by atoms with Crippen LogP contribution in [0.5, 0.6) is 0 Å². The van der Waals surface area contributed by atoms with Gasteiger partial charge in [0.25, 0.3) is 11.6 Å². The minimum atomic E-state index is -0.561. The summed E-state index contributed by atoms with van der Waals surface area (Å²) in [6.07, 6.45) is 0. The van der Waals surface area contributed by atoms with E-state index in [1.54, 1.807) is 0 Å². The zero-order valence-corrected chi connectivity index (χ0v) is 12.9. The van der Waals surface area contributed by atoms with Gasteiger partial charge in [-0.2, -0.15) is 0 Å². The number of non-ortho nitro benzene ring substituents is 1. The molecule has 0 saturated carbocycles. The first-order valence-electron chi connectivity index (χ1n) is 6.05. The molecule has 0 radical (unpaired) electrons. The number of rotatable bonds is 4. The summed E-state index contributed by atoms with van der Waals surface area (Å²) in [5.74, 6) is -0.393. The first-order valence-corrected chi connectivity index (χ1v) is 7.31. The molecule has 2 aromatic rings. The molecule has 1 aromatic heterocycles. The third kappa shape index (κ3) is 3.56. The van der Waals surface area contributed by atoms with Gasteiger partial charge in [0, 0.05) is 23.2 Å². The van der Waals surface area contributed by atoms with Crippen molar-refractivity contribution in [3.63, 3.8) is 0 Å². The van der Waals surface area contributed by atoms with E-state index in [-0.39, 0.29) is 22.3 Å². The van der Waals surface area contributed by atoms with E-state index in [1.807, 2.05) is 19.2 Å². The monoisotopic (exact) mass is 325 g/mol. The van der Waals surface area contributed by atoms with Crippen molar-refractivity contribution >= 4 is 34.5 Å². The Morgan fingerprint density at radius 2 is 2.24 bits per heavy atom. The van der Waals surface area contributed by atoms with Gasteiger partial charge in [0.15, 0.2) is 0 Å². The van der Waals surface area contributed by atoms with Crippen LogP contribution in [0, 0.1) is 17.0 Å². The summed E-state index contributed by atoms with van der Waals surface area (Å²) in [5.41, 5.74) is 0.937. The van der Waals surface area contributed by atoms with Crippen LogP contribution in [0.1, 0.15) is 34.0 Å². The van der Waals surface area contributed by atoms with Gasteiger partial charge >= 0.3 is 0 Å². The molecule has 2 rings (SSSR count). The molecule has 1 amide bonds. The van der Waals surface area contributed by atoms with Crippen LogP contribution < -0.4 is 5.32 Å². The Bertz CT molecular complexity index is 702.